The minimum absolute atomic E-state index is 0.269. The average Bonchev–Trinajstić information content (AvgIpc) is 3.10. The van der Waals surface area contributed by atoms with Crippen LogP contribution in [0.25, 0.3) is 0 Å². The zero-order chi connectivity index (χ0) is 14.9. The number of aryl methyl sites for hydroxylation is 1. The SMILES string of the molecule is CCCn1cnc2c1CN1CC2N(OCc2ccccc2)C1. The van der Waals surface area contributed by atoms with E-state index in [2.05, 4.69) is 50.7 Å². The predicted molar refractivity (Wildman–Crippen MR) is 83.6 cm³/mol. The highest BCUT2D eigenvalue weighted by atomic mass is 16.7. The van der Waals surface area contributed by atoms with Gasteiger partial charge in [0.1, 0.15) is 0 Å². The topological polar surface area (TPSA) is 33.5 Å². The third-order valence-electron chi connectivity index (χ3n) is 4.49. The van der Waals surface area contributed by atoms with Crippen molar-refractivity contribution >= 4 is 0 Å². The van der Waals surface area contributed by atoms with Crippen LogP contribution in [0.1, 0.15) is 36.3 Å². The molecule has 1 saturated heterocycles. The third kappa shape index (κ3) is 2.45. The van der Waals surface area contributed by atoms with Gasteiger partial charge in [-0.25, -0.2) is 4.98 Å². The maximum atomic E-state index is 6.07. The molecule has 22 heavy (non-hydrogen) atoms. The van der Waals surface area contributed by atoms with Crippen LogP contribution in [0, 0.1) is 0 Å². The van der Waals surface area contributed by atoms with Crippen LogP contribution in [0.15, 0.2) is 36.7 Å². The fourth-order valence-electron chi connectivity index (χ4n) is 3.41. The zero-order valence-corrected chi connectivity index (χ0v) is 13.0. The molecule has 0 N–H and O–H groups in total. The molecule has 2 aliphatic rings. The molecule has 2 atom stereocenters. The van der Waals surface area contributed by atoms with Crippen molar-refractivity contribution in [2.24, 2.45) is 0 Å². The lowest BCUT2D eigenvalue weighted by Gasteiger charge is -2.23. The van der Waals surface area contributed by atoms with Crippen LogP contribution in [0.2, 0.25) is 0 Å². The van der Waals surface area contributed by atoms with E-state index in [-0.39, 0.29) is 6.04 Å². The minimum Gasteiger partial charge on any atom is -0.333 e. The van der Waals surface area contributed by atoms with Crippen molar-refractivity contribution < 1.29 is 4.84 Å². The molecule has 0 radical (unpaired) electrons. The van der Waals surface area contributed by atoms with Crippen molar-refractivity contribution in [1.29, 1.82) is 0 Å². The van der Waals surface area contributed by atoms with Gasteiger partial charge in [-0.3, -0.25) is 9.74 Å². The van der Waals surface area contributed by atoms with Gasteiger partial charge in [-0.15, -0.1) is 0 Å². The van der Waals surface area contributed by atoms with Gasteiger partial charge in [-0.1, -0.05) is 37.3 Å². The minimum atomic E-state index is 0.269. The Morgan fingerprint density at radius 3 is 2.95 bits per heavy atom. The smallest absolute Gasteiger partial charge is 0.0952 e. The summed E-state index contributed by atoms with van der Waals surface area (Å²) >= 11 is 0. The first-order valence-electron chi connectivity index (χ1n) is 8.05. The maximum Gasteiger partial charge on any atom is 0.0952 e. The first-order valence-corrected chi connectivity index (χ1v) is 8.05. The first-order chi connectivity index (χ1) is 10.8. The van der Waals surface area contributed by atoms with Crippen molar-refractivity contribution in [3.63, 3.8) is 0 Å². The van der Waals surface area contributed by atoms with E-state index in [1.165, 1.54) is 17.0 Å². The van der Waals surface area contributed by atoms with Crippen molar-refractivity contribution in [3.05, 3.63) is 53.6 Å². The summed E-state index contributed by atoms with van der Waals surface area (Å²) < 4.78 is 2.30. The molecule has 0 amide bonds. The van der Waals surface area contributed by atoms with Crippen LogP contribution in [-0.2, 0) is 24.5 Å². The molecular formula is C17H22N4O. The molecule has 1 fully saturated rings. The van der Waals surface area contributed by atoms with Gasteiger partial charge in [0.15, 0.2) is 0 Å². The Bertz CT molecular complexity index is 639. The molecule has 1 aromatic heterocycles. The lowest BCUT2D eigenvalue weighted by molar-refractivity contribution is -0.184. The maximum absolute atomic E-state index is 6.07. The molecule has 5 heteroatoms. The molecule has 5 nitrogen and oxygen atoms in total. The van der Waals surface area contributed by atoms with E-state index in [1.807, 2.05) is 12.4 Å². The Kier molecular flexibility index (Phi) is 3.70. The molecule has 2 bridgehead atoms. The standard InChI is InChI=1S/C17H22N4O/c1-2-8-20-12-18-17-15(20)9-19-10-16(17)21(13-19)22-11-14-6-4-3-5-7-14/h3-7,12,16H,2,8-11,13H2,1H3. The monoisotopic (exact) mass is 298 g/mol. The molecular weight excluding hydrogens is 276 g/mol. The first kappa shape index (κ1) is 13.9. The molecule has 2 aromatic rings. The van der Waals surface area contributed by atoms with Crippen LogP contribution in [-0.4, -0.2) is 32.7 Å². The van der Waals surface area contributed by atoms with E-state index < -0.39 is 0 Å². The number of imidazole rings is 1. The Morgan fingerprint density at radius 1 is 1.27 bits per heavy atom. The lowest BCUT2D eigenvalue weighted by atomic mass is 10.1. The average molecular weight is 298 g/mol. The number of fused-ring (bicyclic) bond motifs is 4. The molecule has 0 spiro atoms. The number of nitrogens with zero attached hydrogens (tertiary/aromatic N) is 4. The van der Waals surface area contributed by atoms with E-state index in [4.69, 9.17) is 4.84 Å². The Hall–Kier alpha value is -1.69. The molecule has 2 unspecified atom stereocenters. The number of benzene rings is 1. The van der Waals surface area contributed by atoms with Gasteiger partial charge in [0, 0.05) is 19.6 Å². The van der Waals surface area contributed by atoms with Gasteiger partial charge in [-0.05, 0) is 12.0 Å². The summed E-state index contributed by atoms with van der Waals surface area (Å²) in [6.07, 6.45) is 3.13. The van der Waals surface area contributed by atoms with E-state index in [1.54, 1.807) is 0 Å². The molecule has 3 heterocycles. The number of rotatable bonds is 5. The van der Waals surface area contributed by atoms with E-state index in [0.29, 0.717) is 6.61 Å². The van der Waals surface area contributed by atoms with Crippen molar-refractivity contribution in [1.82, 2.24) is 19.5 Å². The lowest BCUT2D eigenvalue weighted by Crippen LogP contribution is -2.26. The van der Waals surface area contributed by atoms with Gasteiger partial charge < -0.3 is 4.57 Å². The molecule has 0 aliphatic carbocycles. The Morgan fingerprint density at radius 2 is 2.14 bits per heavy atom. The number of hydrogen-bond donors (Lipinski definition) is 0. The Balaban J connectivity index is 1.49. The number of aromatic nitrogens is 2. The van der Waals surface area contributed by atoms with E-state index in [9.17, 15) is 0 Å². The van der Waals surface area contributed by atoms with Gasteiger partial charge in [0.25, 0.3) is 0 Å². The molecule has 0 saturated carbocycles. The third-order valence-corrected chi connectivity index (χ3v) is 4.49. The van der Waals surface area contributed by atoms with Crippen LogP contribution in [0.3, 0.4) is 0 Å². The molecule has 116 valence electrons. The second kappa shape index (κ2) is 5.83. The predicted octanol–water partition coefficient (Wildman–Crippen LogP) is 2.55. The van der Waals surface area contributed by atoms with Gasteiger partial charge in [0.05, 0.1) is 37.0 Å². The van der Waals surface area contributed by atoms with Crippen LogP contribution in [0.4, 0.5) is 0 Å². The summed E-state index contributed by atoms with van der Waals surface area (Å²) in [5, 5.41) is 2.10. The summed E-state index contributed by atoms with van der Waals surface area (Å²) in [5.74, 6) is 0. The molecule has 1 aromatic carbocycles. The summed E-state index contributed by atoms with van der Waals surface area (Å²) in [5.41, 5.74) is 3.77. The van der Waals surface area contributed by atoms with E-state index in [0.717, 1.165) is 32.7 Å². The Labute approximate surface area is 131 Å². The largest absolute Gasteiger partial charge is 0.333 e. The quantitative estimate of drug-likeness (QED) is 0.849. The van der Waals surface area contributed by atoms with Crippen molar-refractivity contribution in [2.45, 2.75) is 39.1 Å². The summed E-state index contributed by atoms with van der Waals surface area (Å²) in [7, 11) is 0. The van der Waals surface area contributed by atoms with Gasteiger partial charge >= 0.3 is 0 Å². The summed E-state index contributed by atoms with van der Waals surface area (Å²) in [6.45, 7) is 6.74. The van der Waals surface area contributed by atoms with Crippen LogP contribution < -0.4 is 0 Å². The second-order valence-electron chi connectivity index (χ2n) is 6.11. The number of hydroxylamine groups is 2. The fourth-order valence-corrected chi connectivity index (χ4v) is 3.41. The highest BCUT2D eigenvalue weighted by Crippen LogP contribution is 2.36. The normalized spacial score (nSPS) is 23.7. The summed E-state index contributed by atoms with van der Waals surface area (Å²) in [6, 6.07) is 10.6. The van der Waals surface area contributed by atoms with Crippen LogP contribution >= 0.6 is 0 Å². The van der Waals surface area contributed by atoms with Gasteiger partial charge in [0.2, 0.25) is 0 Å². The highest BCUT2D eigenvalue weighted by molar-refractivity contribution is 5.22. The van der Waals surface area contributed by atoms with E-state index >= 15 is 0 Å². The van der Waals surface area contributed by atoms with Crippen LogP contribution in [0.5, 0.6) is 0 Å². The number of hydrogen-bond acceptors (Lipinski definition) is 4. The van der Waals surface area contributed by atoms with Crippen molar-refractivity contribution in [3.8, 4) is 0 Å². The molecule has 4 rings (SSSR count). The van der Waals surface area contributed by atoms with Crippen molar-refractivity contribution in [2.75, 3.05) is 13.2 Å². The fraction of sp³-hybridized carbons (Fsp3) is 0.471. The molecule has 2 aliphatic heterocycles. The van der Waals surface area contributed by atoms with Gasteiger partial charge in [-0.2, -0.15) is 5.06 Å². The zero-order valence-electron chi connectivity index (χ0n) is 13.0. The summed E-state index contributed by atoms with van der Waals surface area (Å²) in [4.78, 5) is 13.2. The highest BCUT2D eigenvalue weighted by Gasteiger charge is 2.40. The second-order valence-corrected chi connectivity index (χ2v) is 6.11.